The number of rotatable bonds is 6. The second-order valence-corrected chi connectivity index (χ2v) is 6.63. The second-order valence-electron chi connectivity index (χ2n) is 6.63. The summed E-state index contributed by atoms with van der Waals surface area (Å²) in [6.07, 6.45) is 4.96. The van der Waals surface area contributed by atoms with Crippen molar-refractivity contribution in [1.29, 1.82) is 0 Å². The summed E-state index contributed by atoms with van der Waals surface area (Å²) in [6, 6.07) is 0.753. The number of carbonyl (C=O) groups is 1. The van der Waals surface area contributed by atoms with Crippen LogP contribution in [0.4, 0.5) is 0 Å². The normalized spacial score (nSPS) is 26.4. The molecule has 4 heteroatoms. The van der Waals surface area contributed by atoms with E-state index in [0.29, 0.717) is 0 Å². The minimum atomic E-state index is -0.0303. The molecule has 2 N–H and O–H groups in total. The lowest BCUT2D eigenvalue weighted by molar-refractivity contribution is -0.126. The second kappa shape index (κ2) is 6.23. The molecule has 1 amide bonds. The van der Waals surface area contributed by atoms with E-state index in [0.717, 1.165) is 38.6 Å². The van der Waals surface area contributed by atoms with E-state index in [-0.39, 0.29) is 17.4 Å². The van der Waals surface area contributed by atoms with Crippen LogP contribution in [0.5, 0.6) is 0 Å². The van der Waals surface area contributed by atoms with Gasteiger partial charge in [0.1, 0.15) is 0 Å². The maximum atomic E-state index is 12.3. The number of likely N-dealkylation sites (N-methyl/N-ethyl adjacent to an activating group) is 1. The van der Waals surface area contributed by atoms with Crippen molar-refractivity contribution >= 4 is 5.91 Å². The molecule has 1 unspecified atom stereocenters. The van der Waals surface area contributed by atoms with Gasteiger partial charge in [0.25, 0.3) is 0 Å². The molecule has 0 aromatic heterocycles. The molecule has 1 saturated carbocycles. The van der Waals surface area contributed by atoms with Gasteiger partial charge in [0, 0.05) is 19.1 Å². The highest BCUT2D eigenvalue weighted by Crippen LogP contribution is 2.30. The van der Waals surface area contributed by atoms with Crippen molar-refractivity contribution < 1.29 is 4.79 Å². The molecular formula is C15H29N3O. The molecule has 2 aliphatic rings. The van der Waals surface area contributed by atoms with Gasteiger partial charge in [-0.2, -0.15) is 0 Å². The highest BCUT2D eigenvalue weighted by molar-refractivity contribution is 5.82. The van der Waals surface area contributed by atoms with E-state index >= 15 is 0 Å². The first-order valence-electron chi connectivity index (χ1n) is 7.80. The van der Waals surface area contributed by atoms with Crippen LogP contribution in [0.15, 0.2) is 0 Å². The van der Waals surface area contributed by atoms with Crippen molar-refractivity contribution in [3.8, 4) is 0 Å². The molecule has 1 saturated heterocycles. The molecule has 1 atom stereocenters. The summed E-state index contributed by atoms with van der Waals surface area (Å²) in [5.41, 5.74) is 0.0727. The SMILES string of the molecule is CCN(CCNC(=O)C1NCCCC1(C)C)C1CC1. The smallest absolute Gasteiger partial charge is 0.237 e. The van der Waals surface area contributed by atoms with Crippen molar-refractivity contribution in [2.75, 3.05) is 26.2 Å². The van der Waals surface area contributed by atoms with Crippen LogP contribution in [0.25, 0.3) is 0 Å². The Bertz CT molecular complexity index is 313. The summed E-state index contributed by atoms with van der Waals surface area (Å²) < 4.78 is 0. The van der Waals surface area contributed by atoms with Crippen LogP contribution in [0.1, 0.15) is 46.5 Å². The van der Waals surface area contributed by atoms with Crippen molar-refractivity contribution in [2.24, 2.45) is 5.41 Å². The maximum absolute atomic E-state index is 12.3. The highest BCUT2D eigenvalue weighted by atomic mass is 16.2. The number of hydrogen-bond donors (Lipinski definition) is 2. The Labute approximate surface area is 117 Å². The summed E-state index contributed by atoms with van der Waals surface area (Å²) in [4.78, 5) is 14.7. The first-order valence-corrected chi connectivity index (χ1v) is 7.80. The lowest BCUT2D eigenvalue weighted by atomic mass is 9.77. The van der Waals surface area contributed by atoms with Gasteiger partial charge in [-0.25, -0.2) is 0 Å². The monoisotopic (exact) mass is 267 g/mol. The van der Waals surface area contributed by atoms with E-state index in [9.17, 15) is 4.79 Å². The fourth-order valence-electron chi connectivity index (χ4n) is 3.12. The topological polar surface area (TPSA) is 44.4 Å². The first-order chi connectivity index (χ1) is 9.04. The third-order valence-electron chi connectivity index (χ3n) is 4.56. The van der Waals surface area contributed by atoms with Gasteiger partial charge in [0.2, 0.25) is 5.91 Å². The molecule has 0 spiro atoms. The molecule has 0 aromatic carbocycles. The Kier molecular flexibility index (Phi) is 4.85. The molecule has 1 aliphatic heterocycles. The zero-order chi connectivity index (χ0) is 13.9. The number of amides is 1. The zero-order valence-corrected chi connectivity index (χ0v) is 12.7. The molecule has 2 fully saturated rings. The van der Waals surface area contributed by atoms with Crippen LogP contribution in [-0.2, 0) is 4.79 Å². The van der Waals surface area contributed by atoms with Gasteiger partial charge in [-0.1, -0.05) is 20.8 Å². The van der Waals surface area contributed by atoms with Crippen molar-refractivity contribution in [3.05, 3.63) is 0 Å². The van der Waals surface area contributed by atoms with E-state index in [1.165, 1.54) is 19.3 Å². The van der Waals surface area contributed by atoms with Crippen LogP contribution in [0, 0.1) is 5.41 Å². The third-order valence-corrected chi connectivity index (χ3v) is 4.56. The number of hydrogen-bond acceptors (Lipinski definition) is 3. The Hall–Kier alpha value is -0.610. The third kappa shape index (κ3) is 3.93. The Morgan fingerprint density at radius 3 is 2.74 bits per heavy atom. The van der Waals surface area contributed by atoms with Crippen LogP contribution >= 0.6 is 0 Å². The van der Waals surface area contributed by atoms with Gasteiger partial charge in [-0.15, -0.1) is 0 Å². The minimum Gasteiger partial charge on any atom is -0.353 e. The Morgan fingerprint density at radius 2 is 2.16 bits per heavy atom. The Balaban J connectivity index is 1.74. The lowest BCUT2D eigenvalue weighted by Crippen LogP contribution is -2.56. The van der Waals surface area contributed by atoms with Crippen LogP contribution < -0.4 is 10.6 Å². The minimum absolute atomic E-state index is 0.0303. The summed E-state index contributed by atoms with van der Waals surface area (Å²) in [5, 5.41) is 6.48. The molecule has 110 valence electrons. The van der Waals surface area contributed by atoms with E-state index in [1.54, 1.807) is 0 Å². The van der Waals surface area contributed by atoms with Crippen LogP contribution in [0.2, 0.25) is 0 Å². The number of piperidine rings is 1. The summed E-state index contributed by atoms with van der Waals surface area (Å²) in [5.74, 6) is 0.177. The predicted octanol–water partition coefficient (Wildman–Crippen LogP) is 1.37. The first kappa shape index (κ1) is 14.8. The van der Waals surface area contributed by atoms with Crippen molar-refractivity contribution in [3.63, 3.8) is 0 Å². The maximum Gasteiger partial charge on any atom is 0.237 e. The van der Waals surface area contributed by atoms with Gasteiger partial charge >= 0.3 is 0 Å². The fourth-order valence-corrected chi connectivity index (χ4v) is 3.12. The van der Waals surface area contributed by atoms with E-state index in [4.69, 9.17) is 0 Å². The molecule has 0 bridgehead atoms. The van der Waals surface area contributed by atoms with Gasteiger partial charge in [0.15, 0.2) is 0 Å². The van der Waals surface area contributed by atoms with E-state index in [1.807, 2.05) is 0 Å². The average molecular weight is 267 g/mol. The molecule has 0 radical (unpaired) electrons. The molecule has 1 aliphatic carbocycles. The molecule has 0 aromatic rings. The summed E-state index contributed by atoms with van der Waals surface area (Å²) >= 11 is 0. The van der Waals surface area contributed by atoms with Gasteiger partial charge < -0.3 is 10.6 Å². The highest BCUT2D eigenvalue weighted by Gasteiger charge is 2.37. The Morgan fingerprint density at radius 1 is 1.42 bits per heavy atom. The van der Waals surface area contributed by atoms with E-state index < -0.39 is 0 Å². The average Bonchev–Trinajstić information content (AvgIpc) is 3.18. The number of nitrogens with one attached hydrogen (secondary N) is 2. The zero-order valence-electron chi connectivity index (χ0n) is 12.7. The van der Waals surface area contributed by atoms with Crippen molar-refractivity contribution in [1.82, 2.24) is 15.5 Å². The van der Waals surface area contributed by atoms with Crippen LogP contribution in [-0.4, -0.2) is 49.1 Å². The van der Waals surface area contributed by atoms with Gasteiger partial charge in [-0.3, -0.25) is 9.69 Å². The largest absolute Gasteiger partial charge is 0.353 e. The molecule has 1 heterocycles. The molecule has 4 nitrogen and oxygen atoms in total. The summed E-state index contributed by atoms with van der Waals surface area (Å²) in [6.45, 7) is 10.4. The number of carbonyl (C=O) groups excluding carboxylic acids is 1. The van der Waals surface area contributed by atoms with Gasteiger partial charge in [-0.05, 0) is 44.2 Å². The molecular weight excluding hydrogens is 238 g/mol. The molecule has 2 rings (SSSR count). The lowest BCUT2D eigenvalue weighted by Gasteiger charge is -2.38. The fraction of sp³-hybridized carbons (Fsp3) is 0.933. The van der Waals surface area contributed by atoms with Crippen LogP contribution in [0.3, 0.4) is 0 Å². The van der Waals surface area contributed by atoms with Crippen molar-refractivity contribution in [2.45, 2.75) is 58.5 Å². The quantitative estimate of drug-likeness (QED) is 0.764. The van der Waals surface area contributed by atoms with Gasteiger partial charge in [0.05, 0.1) is 6.04 Å². The summed E-state index contributed by atoms with van der Waals surface area (Å²) in [7, 11) is 0. The molecule has 19 heavy (non-hydrogen) atoms. The van der Waals surface area contributed by atoms with E-state index in [2.05, 4.69) is 36.3 Å². The predicted molar refractivity (Wildman–Crippen MR) is 78.1 cm³/mol. The number of nitrogens with zero attached hydrogens (tertiary/aromatic N) is 1. The standard InChI is InChI=1S/C15H29N3O/c1-4-18(12-6-7-12)11-10-17-14(19)13-15(2,3)8-5-9-16-13/h12-13,16H,4-11H2,1-3H3,(H,17,19).